The van der Waals surface area contributed by atoms with E-state index >= 15 is 0 Å². The highest BCUT2D eigenvalue weighted by Crippen LogP contribution is 2.55. The molecule has 5 heteroatoms. The van der Waals surface area contributed by atoms with E-state index in [1.165, 1.54) is 6.20 Å². The molecule has 1 saturated carbocycles. The van der Waals surface area contributed by atoms with Gasteiger partial charge in [0.1, 0.15) is 5.15 Å². The summed E-state index contributed by atoms with van der Waals surface area (Å²) in [6.07, 6.45) is 2.40. The molecule has 4 rings (SSSR count). The maximum Gasteiger partial charge on any atom is 0.153 e. The van der Waals surface area contributed by atoms with Gasteiger partial charge >= 0.3 is 0 Å². The predicted octanol–water partition coefficient (Wildman–Crippen LogP) is 5.28. The minimum atomic E-state index is -0.219. The van der Waals surface area contributed by atoms with Gasteiger partial charge < -0.3 is 4.98 Å². The molecule has 1 aliphatic carbocycles. The molecule has 0 aliphatic heterocycles. The molecule has 0 saturated heterocycles. The van der Waals surface area contributed by atoms with E-state index < -0.39 is 0 Å². The number of nitrogens with one attached hydrogen (secondary N) is 1. The topological polar surface area (TPSA) is 28.7 Å². The first-order valence-electron chi connectivity index (χ1n) is 6.71. The SMILES string of the molecule is Fc1c([C@H]2C[C@@H]2c2cccc(Cl)c2)[nH]c2cc(Cl)ncc12. The molecule has 3 aromatic rings. The van der Waals surface area contributed by atoms with E-state index in [0.717, 1.165) is 12.0 Å². The van der Waals surface area contributed by atoms with Crippen LogP contribution < -0.4 is 0 Å². The molecule has 21 heavy (non-hydrogen) atoms. The van der Waals surface area contributed by atoms with E-state index in [-0.39, 0.29) is 11.7 Å². The van der Waals surface area contributed by atoms with Crippen molar-refractivity contribution in [1.82, 2.24) is 9.97 Å². The largest absolute Gasteiger partial charge is 0.356 e. The summed E-state index contributed by atoms with van der Waals surface area (Å²) >= 11 is 11.9. The number of aromatic nitrogens is 2. The van der Waals surface area contributed by atoms with Gasteiger partial charge in [0.2, 0.25) is 0 Å². The second-order valence-corrected chi connectivity index (χ2v) is 6.23. The number of hydrogen-bond acceptors (Lipinski definition) is 1. The Balaban J connectivity index is 1.71. The number of rotatable bonds is 2. The van der Waals surface area contributed by atoms with Crippen molar-refractivity contribution in [2.75, 3.05) is 0 Å². The first kappa shape index (κ1) is 13.1. The van der Waals surface area contributed by atoms with E-state index in [2.05, 4.69) is 9.97 Å². The zero-order valence-electron chi connectivity index (χ0n) is 10.9. The molecule has 0 amide bonds. The van der Waals surface area contributed by atoms with Crippen LogP contribution in [0.4, 0.5) is 4.39 Å². The molecule has 2 heterocycles. The minimum Gasteiger partial charge on any atom is -0.356 e. The molecule has 2 atom stereocenters. The summed E-state index contributed by atoms with van der Waals surface area (Å²) in [7, 11) is 0. The normalized spacial score (nSPS) is 20.9. The maximum absolute atomic E-state index is 14.5. The van der Waals surface area contributed by atoms with Crippen molar-refractivity contribution < 1.29 is 4.39 Å². The van der Waals surface area contributed by atoms with Gasteiger partial charge in [-0.05, 0) is 36.1 Å². The van der Waals surface area contributed by atoms with Gasteiger partial charge in [0, 0.05) is 17.1 Å². The van der Waals surface area contributed by atoms with Crippen LogP contribution in [-0.2, 0) is 0 Å². The Kier molecular flexibility index (Phi) is 2.95. The fourth-order valence-corrected chi connectivity index (χ4v) is 3.29. The second kappa shape index (κ2) is 4.72. The van der Waals surface area contributed by atoms with Crippen LogP contribution in [0.5, 0.6) is 0 Å². The molecule has 1 fully saturated rings. The highest BCUT2D eigenvalue weighted by atomic mass is 35.5. The number of benzene rings is 1. The Morgan fingerprint density at radius 3 is 2.86 bits per heavy atom. The van der Waals surface area contributed by atoms with Gasteiger partial charge in [-0.2, -0.15) is 0 Å². The standard InChI is InChI=1S/C16H11Cl2FN2/c17-9-3-1-2-8(4-9)10-5-11(10)16-15(19)12-7-20-14(18)6-13(12)21-16/h1-4,6-7,10-11,21H,5H2/t10-,11+/m1/s1. The van der Waals surface area contributed by atoms with Crippen molar-refractivity contribution in [3.63, 3.8) is 0 Å². The summed E-state index contributed by atoms with van der Waals surface area (Å²) in [5.41, 5.74) is 2.49. The lowest BCUT2D eigenvalue weighted by Crippen LogP contribution is -1.87. The van der Waals surface area contributed by atoms with E-state index in [4.69, 9.17) is 23.2 Å². The molecule has 2 aromatic heterocycles. The van der Waals surface area contributed by atoms with E-state index in [9.17, 15) is 4.39 Å². The smallest absolute Gasteiger partial charge is 0.153 e. The van der Waals surface area contributed by atoms with Gasteiger partial charge in [0.15, 0.2) is 5.82 Å². The van der Waals surface area contributed by atoms with E-state index in [1.54, 1.807) is 6.07 Å². The number of halogens is 3. The quantitative estimate of drug-likeness (QED) is 0.639. The van der Waals surface area contributed by atoms with Crippen LogP contribution in [0.15, 0.2) is 36.5 Å². The van der Waals surface area contributed by atoms with Gasteiger partial charge in [0.25, 0.3) is 0 Å². The van der Waals surface area contributed by atoms with Gasteiger partial charge in [-0.25, -0.2) is 9.37 Å². The summed E-state index contributed by atoms with van der Waals surface area (Å²) in [5, 5.41) is 1.56. The fourth-order valence-electron chi connectivity index (χ4n) is 2.93. The molecule has 0 bridgehead atoms. The molecule has 0 unspecified atom stereocenters. The van der Waals surface area contributed by atoms with Crippen LogP contribution >= 0.6 is 23.2 Å². The highest BCUT2D eigenvalue weighted by Gasteiger charge is 2.42. The summed E-state index contributed by atoms with van der Waals surface area (Å²) in [6.45, 7) is 0. The van der Waals surface area contributed by atoms with Crippen molar-refractivity contribution in [2.24, 2.45) is 0 Å². The summed E-state index contributed by atoms with van der Waals surface area (Å²) in [6, 6.07) is 9.42. The van der Waals surface area contributed by atoms with Crippen LogP contribution in [-0.4, -0.2) is 9.97 Å². The van der Waals surface area contributed by atoms with Gasteiger partial charge in [-0.3, -0.25) is 0 Å². The summed E-state index contributed by atoms with van der Waals surface area (Å²) in [5.74, 6) is 0.257. The number of nitrogens with zero attached hydrogens (tertiary/aromatic N) is 1. The lowest BCUT2D eigenvalue weighted by molar-refractivity contribution is 0.618. The lowest BCUT2D eigenvalue weighted by Gasteiger charge is -2.00. The Morgan fingerprint density at radius 1 is 1.19 bits per heavy atom. The molecule has 2 nitrogen and oxygen atoms in total. The number of hydrogen-bond donors (Lipinski definition) is 1. The van der Waals surface area contributed by atoms with Crippen molar-refractivity contribution in [3.05, 3.63) is 63.8 Å². The summed E-state index contributed by atoms with van der Waals surface area (Å²) in [4.78, 5) is 7.09. The maximum atomic E-state index is 14.5. The van der Waals surface area contributed by atoms with Crippen LogP contribution in [0.1, 0.15) is 29.5 Å². The monoisotopic (exact) mass is 320 g/mol. The van der Waals surface area contributed by atoms with Gasteiger partial charge in [-0.1, -0.05) is 35.3 Å². The van der Waals surface area contributed by atoms with Crippen LogP contribution in [0.25, 0.3) is 10.9 Å². The Morgan fingerprint density at radius 2 is 2.05 bits per heavy atom. The molecular formula is C16H11Cl2FN2. The average Bonchev–Trinajstić information content (AvgIpc) is 3.18. The minimum absolute atomic E-state index is 0.162. The van der Waals surface area contributed by atoms with Crippen LogP contribution in [0.3, 0.4) is 0 Å². The number of pyridine rings is 1. The Labute approximate surface area is 130 Å². The number of fused-ring (bicyclic) bond motifs is 1. The predicted molar refractivity (Wildman–Crippen MR) is 82.6 cm³/mol. The first-order valence-corrected chi connectivity index (χ1v) is 7.47. The Hall–Kier alpha value is -1.58. The number of H-pyrrole nitrogens is 1. The van der Waals surface area contributed by atoms with Gasteiger partial charge in [0.05, 0.1) is 16.6 Å². The van der Waals surface area contributed by atoms with Gasteiger partial charge in [-0.15, -0.1) is 0 Å². The molecule has 0 radical (unpaired) electrons. The lowest BCUT2D eigenvalue weighted by atomic mass is 10.1. The Bertz CT molecular complexity index is 843. The highest BCUT2D eigenvalue weighted by molar-refractivity contribution is 6.30. The van der Waals surface area contributed by atoms with Crippen molar-refractivity contribution in [3.8, 4) is 0 Å². The third-order valence-corrected chi connectivity index (χ3v) is 4.49. The van der Waals surface area contributed by atoms with E-state index in [1.807, 2.05) is 24.3 Å². The fraction of sp³-hybridized carbons (Fsp3) is 0.188. The zero-order valence-corrected chi connectivity index (χ0v) is 12.4. The molecular weight excluding hydrogens is 310 g/mol. The molecule has 106 valence electrons. The summed E-state index contributed by atoms with van der Waals surface area (Å²) < 4.78 is 14.5. The van der Waals surface area contributed by atoms with E-state index in [0.29, 0.717) is 32.7 Å². The molecule has 1 aromatic carbocycles. The third kappa shape index (κ3) is 2.21. The van der Waals surface area contributed by atoms with Crippen LogP contribution in [0.2, 0.25) is 10.2 Å². The molecule has 0 spiro atoms. The van der Waals surface area contributed by atoms with Crippen molar-refractivity contribution in [1.29, 1.82) is 0 Å². The van der Waals surface area contributed by atoms with Crippen molar-refractivity contribution in [2.45, 2.75) is 18.3 Å². The van der Waals surface area contributed by atoms with Crippen LogP contribution in [0, 0.1) is 5.82 Å². The number of aromatic amines is 1. The zero-order chi connectivity index (χ0) is 14.6. The second-order valence-electron chi connectivity index (χ2n) is 5.41. The van der Waals surface area contributed by atoms with Crippen molar-refractivity contribution >= 4 is 34.1 Å². The third-order valence-electron chi connectivity index (χ3n) is 4.05. The molecule has 1 aliphatic rings. The average molecular weight is 321 g/mol. The molecule has 1 N–H and O–H groups in total. The first-order chi connectivity index (χ1) is 10.1.